The number of H-pyrrole nitrogens is 1. The third kappa shape index (κ3) is 6.17. The summed E-state index contributed by atoms with van der Waals surface area (Å²) in [5, 5.41) is 13.1. The molecule has 35 heavy (non-hydrogen) atoms. The molecule has 198 valence electrons. The molecular formula is C12H18ClFN5O13P3. The summed E-state index contributed by atoms with van der Waals surface area (Å²) in [6, 6.07) is 0. The van der Waals surface area contributed by atoms with Crippen molar-refractivity contribution in [1.82, 2.24) is 19.5 Å². The van der Waals surface area contributed by atoms with Crippen molar-refractivity contribution in [3.05, 3.63) is 16.8 Å². The number of aliphatic hydroxyl groups is 1. The molecule has 0 radical (unpaired) electrons. The van der Waals surface area contributed by atoms with Crippen molar-refractivity contribution in [1.29, 1.82) is 0 Å². The van der Waals surface area contributed by atoms with Gasteiger partial charge >= 0.3 is 29.2 Å². The Labute approximate surface area is 198 Å². The summed E-state index contributed by atoms with van der Waals surface area (Å²) >= 11 is 5.81. The number of imidazole rings is 1. The summed E-state index contributed by atoms with van der Waals surface area (Å²) in [6.07, 6.45) is -5.04. The van der Waals surface area contributed by atoms with Gasteiger partial charge in [-0.05, 0) is 0 Å². The van der Waals surface area contributed by atoms with Crippen LogP contribution in [-0.2, 0) is 31.6 Å². The van der Waals surface area contributed by atoms with Crippen molar-refractivity contribution in [3.8, 4) is 0 Å². The van der Waals surface area contributed by atoms with Crippen molar-refractivity contribution < 1.29 is 60.6 Å². The van der Waals surface area contributed by atoms with Crippen molar-refractivity contribution in [3.63, 3.8) is 0 Å². The summed E-state index contributed by atoms with van der Waals surface area (Å²) in [7, 11) is -15.6. The number of phosphoric ester groups is 1. The van der Waals surface area contributed by atoms with Gasteiger partial charge in [-0.1, -0.05) is 0 Å². The first-order valence-electron chi connectivity index (χ1n) is 9.02. The standard InChI is InChI=1S/C12H18ClFN5O13P3/c1-15-8-6-9(18-11(21)17-8)19(4-16-6)10-5(14)7(20)12(2-13,30-10)3-29-34(25,26)32-35(27,28)31-33(22,23)24/h4-5,7,10,20H,2-3H2,1H3,(H,25,26)(H,27,28)(H2,22,23,24)(H2,15,17,18,21)/t5-,7+,10-,12-/m1/s1. The molecule has 18 nitrogen and oxygen atoms in total. The molecule has 0 spiro atoms. The summed E-state index contributed by atoms with van der Waals surface area (Å²) < 4.78 is 67.4. The minimum atomic E-state index is -5.82. The maximum Gasteiger partial charge on any atom is 0.490 e. The molecule has 1 aliphatic heterocycles. The third-order valence-corrected chi connectivity index (χ3v) is 8.79. The van der Waals surface area contributed by atoms with Crippen LogP contribution in [0.5, 0.6) is 0 Å². The van der Waals surface area contributed by atoms with Crippen LogP contribution in [0.4, 0.5) is 10.2 Å². The molecule has 6 atom stereocenters. The fourth-order valence-corrected chi connectivity index (χ4v) is 6.48. The van der Waals surface area contributed by atoms with Gasteiger partial charge < -0.3 is 34.7 Å². The lowest BCUT2D eigenvalue weighted by Gasteiger charge is -2.29. The van der Waals surface area contributed by atoms with Crippen LogP contribution in [0.25, 0.3) is 11.2 Å². The molecule has 1 fully saturated rings. The zero-order chi connectivity index (χ0) is 26.4. The highest BCUT2D eigenvalue weighted by Crippen LogP contribution is 2.66. The first-order valence-corrected chi connectivity index (χ1v) is 14.1. The van der Waals surface area contributed by atoms with Crippen LogP contribution >= 0.6 is 35.1 Å². The monoisotopic (exact) mass is 587 g/mol. The van der Waals surface area contributed by atoms with Gasteiger partial charge in [0.25, 0.3) is 0 Å². The Morgan fingerprint density at radius 3 is 2.51 bits per heavy atom. The van der Waals surface area contributed by atoms with E-state index in [4.69, 9.17) is 26.1 Å². The van der Waals surface area contributed by atoms with Crippen LogP contribution < -0.4 is 11.0 Å². The number of phosphoric acid groups is 3. The lowest BCUT2D eigenvalue weighted by Crippen LogP contribution is -2.47. The minimum Gasteiger partial charge on any atom is -0.387 e. The number of rotatable bonds is 10. The lowest BCUT2D eigenvalue weighted by atomic mass is 9.99. The molecule has 1 aliphatic rings. The number of alkyl halides is 2. The highest BCUT2D eigenvalue weighted by molar-refractivity contribution is 7.66. The van der Waals surface area contributed by atoms with E-state index in [1.54, 1.807) is 0 Å². The van der Waals surface area contributed by atoms with Crippen LogP contribution in [0.15, 0.2) is 11.1 Å². The Morgan fingerprint density at radius 1 is 1.29 bits per heavy atom. The van der Waals surface area contributed by atoms with E-state index in [0.29, 0.717) is 0 Å². The van der Waals surface area contributed by atoms with Gasteiger partial charge in [-0.15, -0.1) is 11.6 Å². The number of halogens is 2. The van der Waals surface area contributed by atoms with Gasteiger partial charge in [0.15, 0.2) is 18.2 Å². The smallest absolute Gasteiger partial charge is 0.387 e. The quantitative estimate of drug-likeness (QED) is 0.139. The number of aliphatic hydroxyl groups excluding tert-OH is 1. The molecule has 2 aromatic heterocycles. The molecule has 2 aromatic rings. The highest BCUT2D eigenvalue weighted by atomic mass is 35.5. The lowest BCUT2D eigenvalue weighted by molar-refractivity contribution is -0.111. The number of nitrogens with one attached hydrogen (secondary N) is 2. The van der Waals surface area contributed by atoms with E-state index in [0.717, 1.165) is 10.9 Å². The van der Waals surface area contributed by atoms with Gasteiger partial charge in [-0.2, -0.15) is 13.6 Å². The molecule has 7 N–H and O–H groups in total. The van der Waals surface area contributed by atoms with Crippen molar-refractivity contribution in [2.75, 3.05) is 24.9 Å². The highest BCUT2D eigenvalue weighted by Gasteiger charge is 2.57. The average molecular weight is 588 g/mol. The Hall–Kier alpha value is -1.30. The molecule has 1 saturated heterocycles. The molecule has 3 rings (SSSR count). The largest absolute Gasteiger partial charge is 0.490 e. The van der Waals surface area contributed by atoms with Crippen LogP contribution in [0.2, 0.25) is 0 Å². The van der Waals surface area contributed by atoms with E-state index in [1.165, 1.54) is 7.05 Å². The second-order valence-electron chi connectivity index (χ2n) is 6.95. The number of aromatic nitrogens is 4. The normalized spacial score (nSPS) is 28.6. The van der Waals surface area contributed by atoms with E-state index < -0.39 is 65.7 Å². The topological polar surface area (TPSA) is 265 Å². The van der Waals surface area contributed by atoms with E-state index in [1.807, 2.05) is 0 Å². The Morgan fingerprint density at radius 2 is 1.94 bits per heavy atom. The zero-order valence-corrected chi connectivity index (χ0v) is 20.6. The van der Waals surface area contributed by atoms with Gasteiger partial charge in [0.2, 0.25) is 0 Å². The number of fused-ring (bicyclic) bond motifs is 1. The summed E-state index contributed by atoms with van der Waals surface area (Å²) in [5.74, 6) is -0.708. The second kappa shape index (κ2) is 9.87. The number of ether oxygens (including phenoxy) is 1. The van der Waals surface area contributed by atoms with Crippen molar-refractivity contribution >= 4 is 52.1 Å². The van der Waals surface area contributed by atoms with Gasteiger partial charge in [0.05, 0.1) is 18.8 Å². The number of anilines is 1. The van der Waals surface area contributed by atoms with E-state index >= 15 is 4.39 Å². The minimum absolute atomic E-state index is 0.0488. The van der Waals surface area contributed by atoms with Crippen molar-refractivity contribution in [2.24, 2.45) is 0 Å². The maximum atomic E-state index is 15.1. The predicted molar refractivity (Wildman–Crippen MR) is 112 cm³/mol. The molecule has 23 heteroatoms. The van der Waals surface area contributed by atoms with Crippen molar-refractivity contribution in [2.45, 2.75) is 24.1 Å². The molecule has 3 heterocycles. The van der Waals surface area contributed by atoms with Gasteiger partial charge in [-0.3, -0.25) is 14.1 Å². The van der Waals surface area contributed by atoms with Gasteiger partial charge in [0.1, 0.15) is 22.9 Å². The summed E-state index contributed by atoms with van der Waals surface area (Å²) in [4.78, 5) is 57.8. The van der Waals surface area contributed by atoms with E-state index in [2.05, 4.69) is 33.4 Å². The molecule has 0 aromatic carbocycles. The van der Waals surface area contributed by atoms with E-state index in [9.17, 15) is 33.4 Å². The number of aromatic amines is 1. The van der Waals surface area contributed by atoms with Gasteiger partial charge in [-0.25, -0.2) is 27.9 Å². The Balaban J connectivity index is 1.85. The molecule has 0 aliphatic carbocycles. The van der Waals surface area contributed by atoms with Crippen LogP contribution in [0.1, 0.15) is 6.23 Å². The summed E-state index contributed by atoms with van der Waals surface area (Å²) in [6.45, 7) is -1.22. The van der Waals surface area contributed by atoms with Crippen LogP contribution in [0.3, 0.4) is 0 Å². The third-order valence-electron chi connectivity index (χ3n) is 4.55. The van der Waals surface area contributed by atoms with Gasteiger partial charge in [0, 0.05) is 7.05 Å². The molecule has 0 amide bonds. The maximum absolute atomic E-state index is 15.1. The number of nitrogens with zero attached hydrogens (tertiary/aromatic N) is 3. The fraction of sp³-hybridized carbons (Fsp3) is 0.583. The molecular weight excluding hydrogens is 570 g/mol. The molecule has 0 bridgehead atoms. The predicted octanol–water partition coefficient (Wildman–Crippen LogP) is -0.290. The second-order valence-corrected chi connectivity index (χ2v) is 11.6. The van der Waals surface area contributed by atoms with E-state index in [-0.39, 0.29) is 17.0 Å². The first kappa shape index (κ1) is 28.3. The SMILES string of the molecule is CNc1nc(=O)[nH]c2c1ncn2[C@@H]1O[C@](CCl)(COP(=O)(O)OP(=O)(O)OP(=O)(O)O)[C@@H](O)[C@H]1F. The molecule has 2 unspecified atom stereocenters. The summed E-state index contributed by atoms with van der Waals surface area (Å²) in [5.41, 5.74) is -3.04. The molecule has 0 saturated carbocycles. The van der Waals surface area contributed by atoms with Crippen LogP contribution in [-0.4, -0.2) is 81.6 Å². The number of hydrogen-bond acceptors (Lipinski definition) is 12. The van der Waals surface area contributed by atoms with Crippen LogP contribution in [0, 0.1) is 0 Å². The average Bonchev–Trinajstić information content (AvgIpc) is 3.23. The zero-order valence-electron chi connectivity index (χ0n) is 17.2. The fourth-order valence-electron chi connectivity index (χ4n) is 3.10. The first-order chi connectivity index (χ1) is 16.0. The Kier molecular flexibility index (Phi) is 7.97. The Bertz CT molecular complexity index is 1300. The number of hydrogen-bond donors (Lipinski definition) is 7.